The van der Waals surface area contributed by atoms with Crippen molar-refractivity contribution in [1.82, 2.24) is 9.97 Å². The van der Waals surface area contributed by atoms with Crippen molar-refractivity contribution in [3.05, 3.63) is 44.9 Å². The van der Waals surface area contributed by atoms with Gasteiger partial charge in [-0.05, 0) is 46.6 Å². The van der Waals surface area contributed by atoms with E-state index in [2.05, 4.69) is 32.8 Å². The number of nitrogens with zero attached hydrogens (tertiary/aromatic N) is 1. The minimum atomic E-state index is -0.290. The summed E-state index contributed by atoms with van der Waals surface area (Å²) in [6.45, 7) is 2.10. The number of aromatic nitrogens is 2. The Labute approximate surface area is 118 Å². The number of nitrogens with one attached hydrogen (secondary N) is 1. The molecule has 1 heterocycles. The van der Waals surface area contributed by atoms with Gasteiger partial charge in [0.1, 0.15) is 16.3 Å². The first-order valence-electron chi connectivity index (χ1n) is 5.66. The number of aromatic amines is 1. The minimum Gasteiger partial charge on any atom is -0.343 e. The van der Waals surface area contributed by atoms with E-state index in [1.807, 2.05) is 6.07 Å². The maximum Gasteiger partial charge on any atom is 0.139 e. The summed E-state index contributed by atoms with van der Waals surface area (Å²) >= 11 is 8.31. The minimum absolute atomic E-state index is 0.290. The highest BCUT2D eigenvalue weighted by molar-refractivity contribution is 9.10. The van der Waals surface area contributed by atoms with Gasteiger partial charge in [0.15, 0.2) is 0 Å². The summed E-state index contributed by atoms with van der Waals surface area (Å²) < 4.78 is 14.2. The lowest BCUT2D eigenvalue weighted by Crippen LogP contribution is -1.96. The van der Waals surface area contributed by atoms with Crippen LogP contribution in [0.3, 0.4) is 0 Å². The Morgan fingerprint density at radius 3 is 2.83 bits per heavy atom. The van der Waals surface area contributed by atoms with Crippen LogP contribution in [0.5, 0.6) is 0 Å². The monoisotopic (exact) mass is 326 g/mol. The van der Waals surface area contributed by atoms with Gasteiger partial charge in [-0.15, -0.1) is 0 Å². The summed E-state index contributed by atoms with van der Waals surface area (Å²) in [7, 11) is 0. The van der Waals surface area contributed by atoms with Gasteiger partial charge < -0.3 is 4.98 Å². The van der Waals surface area contributed by atoms with Gasteiger partial charge in [0.05, 0.1) is 4.47 Å². The normalized spacial score (nSPS) is 10.6. The van der Waals surface area contributed by atoms with E-state index in [4.69, 9.17) is 12.2 Å². The molecule has 0 saturated heterocycles. The first-order chi connectivity index (χ1) is 8.60. The van der Waals surface area contributed by atoms with Crippen LogP contribution in [0, 0.1) is 10.5 Å². The van der Waals surface area contributed by atoms with Crippen LogP contribution in [0.25, 0.3) is 11.4 Å². The van der Waals surface area contributed by atoms with Crippen molar-refractivity contribution in [1.29, 1.82) is 0 Å². The maximum absolute atomic E-state index is 13.2. The Balaban J connectivity index is 2.49. The lowest BCUT2D eigenvalue weighted by molar-refractivity contribution is 0.621. The van der Waals surface area contributed by atoms with Crippen molar-refractivity contribution in [2.45, 2.75) is 19.8 Å². The number of halogens is 2. The Hall–Kier alpha value is -1.07. The molecule has 0 unspecified atom stereocenters. The molecule has 0 bridgehead atoms. The van der Waals surface area contributed by atoms with Gasteiger partial charge in [-0.3, -0.25) is 0 Å². The van der Waals surface area contributed by atoms with Crippen molar-refractivity contribution in [3.8, 4) is 11.4 Å². The molecule has 0 amide bonds. The molecule has 0 fully saturated rings. The van der Waals surface area contributed by atoms with Crippen LogP contribution < -0.4 is 0 Å². The van der Waals surface area contributed by atoms with E-state index in [-0.39, 0.29) is 5.82 Å². The summed E-state index contributed by atoms with van der Waals surface area (Å²) in [4.78, 5) is 7.50. The van der Waals surface area contributed by atoms with E-state index < -0.39 is 0 Å². The van der Waals surface area contributed by atoms with Crippen molar-refractivity contribution in [3.63, 3.8) is 0 Å². The first kappa shape index (κ1) is 13.4. The third-order valence-corrected chi connectivity index (χ3v) is 3.33. The molecule has 2 rings (SSSR count). The molecule has 0 radical (unpaired) electrons. The summed E-state index contributed by atoms with van der Waals surface area (Å²) in [6.07, 6.45) is 1.95. The summed E-state index contributed by atoms with van der Waals surface area (Å²) in [5.74, 6) is 0.383. The smallest absolute Gasteiger partial charge is 0.139 e. The van der Waals surface area contributed by atoms with Crippen molar-refractivity contribution >= 4 is 28.1 Å². The van der Waals surface area contributed by atoms with Crippen molar-refractivity contribution < 1.29 is 4.39 Å². The van der Waals surface area contributed by atoms with Crippen LogP contribution in [0.1, 0.15) is 19.0 Å². The van der Waals surface area contributed by atoms with E-state index in [1.54, 1.807) is 12.1 Å². The number of hydrogen-bond donors (Lipinski definition) is 1. The molecule has 18 heavy (non-hydrogen) atoms. The predicted octanol–water partition coefficient (Wildman–Crippen LogP) is 4.66. The average Bonchev–Trinajstić information content (AvgIpc) is 2.32. The Kier molecular flexibility index (Phi) is 4.24. The van der Waals surface area contributed by atoms with Gasteiger partial charge in [0.25, 0.3) is 0 Å². The molecule has 1 aromatic carbocycles. The SMILES string of the molecule is CCCc1cc(=S)nc(-c2ccc(F)c(Br)c2)[nH]1. The number of aryl methyl sites for hydroxylation is 1. The first-order valence-corrected chi connectivity index (χ1v) is 6.86. The van der Waals surface area contributed by atoms with E-state index in [9.17, 15) is 4.39 Å². The average molecular weight is 327 g/mol. The van der Waals surface area contributed by atoms with Crippen LogP contribution in [-0.4, -0.2) is 9.97 Å². The zero-order chi connectivity index (χ0) is 13.1. The van der Waals surface area contributed by atoms with E-state index in [0.717, 1.165) is 24.1 Å². The maximum atomic E-state index is 13.2. The molecule has 0 aliphatic rings. The van der Waals surface area contributed by atoms with Gasteiger partial charge >= 0.3 is 0 Å². The van der Waals surface area contributed by atoms with Crippen molar-refractivity contribution in [2.24, 2.45) is 0 Å². The van der Waals surface area contributed by atoms with Crippen LogP contribution in [0.4, 0.5) is 4.39 Å². The standard InChI is InChI=1S/C13H12BrFN2S/c1-2-3-9-7-12(18)17-13(16-9)8-4-5-11(15)10(14)6-8/h4-7H,2-3H2,1H3,(H,16,17,18). The fraction of sp³-hybridized carbons (Fsp3) is 0.231. The molecule has 0 aliphatic carbocycles. The van der Waals surface area contributed by atoms with Crippen LogP contribution in [0.2, 0.25) is 0 Å². The second kappa shape index (κ2) is 5.71. The highest BCUT2D eigenvalue weighted by Crippen LogP contribution is 2.23. The molecule has 0 spiro atoms. The second-order valence-electron chi connectivity index (χ2n) is 3.97. The van der Waals surface area contributed by atoms with Crippen LogP contribution in [-0.2, 0) is 6.42 Å². The lowest BCUT2D eigenvalue weighted by atomic mass is 10.2. The number of benzene rings is 1. The van der Waals surface area contributed by atoms with Gasteiger partial charge in [-0.1, -0.05) is 25.6 Å². The molecule has 0 aliphatic heterocycles. The second-order valence-corrected chi connectivity index (χ2v) is 5.24. The summed E-state index contributed by atoms with van der Waals surface area (Å²) in [5.41, 5.74) is 1.86. The highest BCUT2D eigenvalue weighted by Gasteiger charge is 2.05. The Bertz CT molecular complexity index is 625. The topological polar surface area (TPSA) is 28.7 Å². The molecular formula is C13H12BrFN2S. The Morgan fingerprint density at radius 2 is 2.17 bits per heavy atom. The van der Waals surface area contributed by atoms with Gasteiger partial charge in [-0.2, -0.15) is 0 Å². The largest absolute Gasteiger partial charge is 0.343 e. The number of rotatable bonds is 3. The van der Waals surface area contributed by atoms with E-state index >= 15 is 0 Å². The van der Waals surface area contributed by atoms with E-state index in [1.165, 1.54) is 6.07 Å². The van der Waals surface area contributed by atoms with E-state index in [0.29, 0.717) is 14.9 Å². The predicted molar refractivity (Wildman–Crippen MR) is 76.5 cm³/mol. The van der Waals surface area contributed by atoms with Crippen molar-refractivity contribution in [2.75, 3.05) is 0 Å². The van der Waals surface area contributed by atoms with Crippen LogP contribution >= 0.6 is 28.1 Å². The molecule has 1 aromatic heterocycles. The number of H-pyrrole nitrogens is 1. The lowest BCUT2D eigenvalue weighted by Gasteiger charge is -2.06. The highest BCUT2D eigenvalue weighted by atomic mass is 79.9. The third kappa shape index (κ3) is 3.03. The zero-order valence-electron chi connectivity index (χ0n) is 9.84. The fourth-order valence-corrected chi connectivity index (χ4v) is 2.30. The summed E-state index contributed by atoms with van der Waals surface area (Å²) in [6, 6.07) is 6.65. The fourth-order valence-electron chi connectivity index (χ4n) is 1.69. The molecule has 94 valence electrons. The quantitative estimate of drug-likeness (QED) is 0.831. The molecule has 1 N–H and O–H groups in total. The molecule has 0 saturated carbocycles. The Morgan fingerprint density at radius 1 is 1.39 bits per heavy atom. The van der Waals surface area contributed by atoms with Crippen LogP contribution in [0.15, 0.2) is 28.7 Å². The molecule has 5 heteroatoms. The third-order valence-electron chi connectivity index (χ3n) is 2.51. The molecular weight excluding hydrogens is 315 g/mol. The van der Waals surface area contributed by atoms with Gasteiger partial charge in [-0.25, -0.2) is 9.37 Å². The molecule has 2 nitrogen and oxygen atoms in total. The van der Waals surface area contributed by atoms with Gasteiger partial charge in [0.2, 0.25) is 0 Å². The molecule has 2 aromatic rings. The zero-order valence-corrected chi connectivity index (χ0v) is 12.2. The molecule has 0 atom stereocenters. The number of hydrogen-bond acceptors (Lipinski definition) is 2. The van der Waals surface area contributed by atoms with Gasteiger partial charge in [0, 0.05) is 11.3 Å². The summed E-state index contributed by atoms with van der Waals surface area (Å²) in [5, 5.41) is 0.